The standard InChI is InChI=1S/C21H28N2O4S2/c1-5-16(3)22-21(24)15-23(19-9-7-8-10-20(19)27-6-2)29(25,26)18-13-11-17(28-4)12-14-18/h7-14,16H,5-6,15H2,1-4H3,(H,22,24). The SMILES string of the molecule is CCOc1ccccc1N(CC(=O)NC(C)CC)S(=O)(=O)c1ccc(SC)cc1. The molecule has 0 aliphatic rings. The molecule has 2 aromatic rings. The van der Waals surface area contributed by atoms with Crippen LogP contribution in [0, 0.1) is 0 Å². The second kappa shape index (κ2) is 10.5. The van der Waals surface area contributed by atoms with Crippen LogP contribution in [0.3, 0.4) is 0 Å². The molecular weight excluding hydrogens is 408 g/mol. The van der Waals surface area contributed by atoms with Crippen molar-refractivity contribution in [1.29, 1.82) is 0 Å². The normalized spacial score (nSPS) is 12.3. The Balaban J connectivity index is 2.49. The number of benzene rings is 2. The predicted octanol–water partition coefficient (Wildman–Crippen LogP) is 3.92. The number of rotatable bonds is 10. The van der Waals surface area contributed by atoms with Crippen LogP contribution in [0.25, 0.3) is 0 Å². The van der Waals surface area contributed by atoms with Crippen molar-refractivity contribution in [2.75, 3.05) is 23.7 Å². The Bertz CT molecular complexity index is 915. The van der Waals surface area contributed by atoms with Crippen LogP contribution in [0.5, 0.6) is 5.75 Å². The van der Waals surface area contributed by atoms with Crippen LogP contribution in [-0.2, 0) is 14.8 Å². The van der Waals surface area contributed by atoms with Crippen molar-refractivity contribution in [2.45, 2.75) is 43.0 Å². The number of para-hydroxylation sites is 2. The summed E-state index contributed by atoms with van der Waals surface area (Å²) in [7, 11) is -3.97. The lowest BCUT2D eigenvalue weighted by Crippen LogP contribution is -2.43. The second-order valence-electron chi connectivity index (χ2n) is 6.46. The van der Waals surface area contributed by atoms with Crippen molar-refractivity contribution in [2.24, 2.45) is 0 Å². The minimum atomic E-state index is -3.97. The Morgan fingerprint density at radius 1 is 1.14 bits per heavy atom. The summed E-state index contributed by atoms with van der Waals surface area (Å²) in [6.45, 7) is 5.71. The van der Waals surface area contributed by atoms with Gasteiger partial charge in [0.15, 0.2) is 0 Å². The summed E-state index contributed by atoms with van der Waals surface area (Å²) in [5, 5.41) is 2.83. The molecule has 0 saturated heterocycles. The summed E-state index contributed by atoms with van der Waals surface area (Å²) in [6, 6.07) is 13.4. The van der Waals surface area contributed by atoms with E-state index in [1.165, 1.54) is 11.8 Å². The average Bonchev–Trinajstić information content (AvgIpc) is 2.72. The molecule has 158 valence electrons. The van der Waals surface area contributed by atoms with Crippen LogP contribution in [0.15, 0.2) is 58.3 Å². The maximum absolute atomic E-state index is 13.5. The molecule has 1 unspecified atom stereocenters. The van der Waals surface area contributed by atoms with Crippen molar-refractivity contribution < 1.29 is 17.9 Å². The first-order valence-corrected chi connectivity index (χ1v) is 12.2. The Labute approximate surface area is 177 Å². The molecule has 0 heterocycles. The zero-order valence-corrected chi connectivity index (χ0v) is 18.8. The van der Waals surface area contributed by atoms with E-state index in [0.717, 1.165) is 15.6 Å². The Morgan fingerprint density at radius 2 is 1.79 bits per heavy atom. The van der Waals surface area contributed by atoms with Gasteiger partial charge in [0.25, 0.3) is 10.0 Å². The number of nitrogens with zero attached hydrogens (tertiary/aromatic N) is 1. The number of hydrogen-bond donors (Lipinski definition) is 1. The molecule has 0 fully saturated rings. The highest BCUT2D eigenvalue weighted by Gasteiger charge is 2.29. The first kappa shape index (κ1) is 23.1. The number of hydrogen-bond acceptors (Lipinski definition) is 5. The van der Waals surface area contributed by atoms with Crippen LogP contribution in [0.1, 0.15) is 27.2 Å². The quantitative estimate of drug-likeness (QED) is 0.572. The predicted molar refractivity (Wildman–Crippen MR) is 118 cm³/mol. The molecule has 0 aliphatic carbocycles. The van der Waals surface area contributed by atoms with Crippen LogP contribution >= 0.6 is 11.8 Å². The molecule has 29 heavy (non-hydrogen) atoms. The van der Waals surface area contributed by atoms with Crippen molar-refractivity contribution >= 4 is 33.4 Å². The Morgan fingerprint density at radius 3 is 2.38 bits per heavy atom. The number of anilines is 1. The molecule has 6 nitrogen and oxygen atoms in total. The van der Waals surface area contributed by atoms with Gasteiger partial charge in [-0.2, -0.15) is 0 Å². The minimum absolute atomic E-state index is 0.0462. The van der Waals surface area contributed by atoms with Gasteiger partial charge in [-0.15, -0.1) is 11.8 Å². The van der Waals surface area contributed by atoms with E-state index in [2.05, 4.69) is 5.32 Å². The zero-order valence-electron chi connectivity index (χ0n) is 17.2. The largest absolute Gasteiger partial charge is 0.492 e. The monoisotopic (exact) mass is 436 g/mol. The highest BCUT2D eigenvalue weighted by molar-refractivity contribution is 7.98. The van der Waals surface area contributed by atoms with Gasteiger partial charge in [-0.3, -0.25) is 9.10 Å². The summed E-state index contributed by atoms with van der Waals surface area (Å²) in [6.07, 6.45) is 2.68. The molecule has 0 aromatic heterocycles. The van der Waals surface area contributed by atoms with Crippen molar-refractivity contribution in [1.82, 2.24) is 5.32 Å². The molecule has 0 saturated carbocycles. The number of sulfonamides is 1. The van der Waals surface area contributed by atoms with Gasteiger partial charge in [0.1, 0.15) is 12.3 Å². The lowest BCUT2D eigenvalue weighted by molar-refractivity contribution is -0.120. The van der Waals surface area contributed by atoms with E-state index >= 15 is 0 Å². The van der Waals surface area contributed by atoms with Crippen LogP contribution in [0.2, 0.25) is 0 Å². The van der Waals surface area contributed by atoms with E-state index in [1.807, 2.05) is 27.0 Å². The summed E-state index contributed by atoms with van der Waals surface area (Å²) < 4.78 is 33.7. The summed E-state index contributed by atoms with van der Waals surface area (Å²) in [5.74, 6) is 0.0469. The average molecular weight is 437 g/mol. The molecule has 8 heteroatoms. The maximum atomic E-state index is 13.5. The number of amides is 1. The van der Waals surface area contributed by atoms with Crippen LogP contribution in [-0.4, -0.2) is 39.8 Å². The first-order chi connectivity index (χ1) is 13.8. The highest BCUT2D eigenvalue weighted by atomic mass is 32.2. The molecule has 0 aliphatic heterocycles. The molecule has 2 aromatic carbocycles. The zero-order chi connectivity index (χ0) is 21.4. The van der Waals surface area contributed by atoms with Gasteiger partial charge in [-0.25, -0.2) is 8.42 Å². The molecule has 2 rings (SSSR count). The van der Waals surface area contributed by atoms with E-state index in [0.29, 0.717) is 18.0 Å². The lowest BCUT2D eigenvalue weighted by Gasteiger charge is -2.26. The topological polar surface area (TPSA) is 75.7 Å². The van der Waals surface area contributed by atoms with Crippen LogP contribution < -0.4 is 14.4 Å². The molecule has 0 bridgehead atoms. The number of carbonyl (C=O) groups excluding carboxylic acids is 1. The molecule has 1 amide bonds. The second-order valence-corrected chi connectivity index (χ2v) is 9.21. The third kappa shape index (κ3) is 5.90. The van der Waals surface area contributed by atoms with Gasteiger partial charge in [0, 0.05) is 10.9 Å². The van der Waals surface area contributed by atoms with Gasteiger partial charge in [-0.05, 0) is 62.9 Å². The lowest BCUT2D eigenvalue weighted by atomic mass is 10.2. The fourth-order valence-electron chi connectivity index (χ4n) is 2.67. The maximum Gasteiger partial charge on any atom is 0.264 e. The van der Waals surface area contributed by atoms with Gasteiger partial charge in [-0.1, -0.05) is 19.1 Å². The van der Waals surface area contributed by atoms with Crippen molar-refractivity contribution in [3.63, 3.8) is 0 Å². The summed E-state index contributed by atoms with van der Waals surface area (Å²) in [5.41, 5.74) is 0.336. The molecular formula is C21H28N2O4S2. The van der Waals surface area contributed by atoms with Crippen molar-refractivity contribution in [3.05, 3.63) is 48.5 Å². The fourth-order valence-corrected chi connectivity index (χ4v) is 4.51. The third-order valence-electron chi connectivity index (χ3n) is 4.39. The Hall–Kier alpha value is -2.19. The molecule has 0 spiro atoms. The number of thioether (sulfide) groups is 1. The van der Waals surface area contributed by atoms with E-state index in [1.54, 1.807) is 48.5 Å². The van der Waals surface area contributed by atoms with E-state index in [4.69, 9.17) is 4.74 Å². The summed E-state index contributed by atoms with van der Waals surface area (Å²) in [4.78, 5) is 13.7. The van der Waals surface area contributed by atoms with E-state index < -0.39 is 10.0 Å². The molecule has 0 radical (unpaired) electrons. The van der Waals surface area contributed by atoms with Crippen molar-refractivity contribution in [3.8, 4) is 5.75 Å². The first-order valence-electron chi connectivity index (χ1n) is 9.51. The van der Waals surface area contributed by atoms with Gasteiger partial charge in [0.05, 0.1) is 17.2 Å². The third-order valence-corrected chi connectivity index (χ3v) is 6.91. The van der Waals surface area contributed by atoms with Gasteiger partial charge >= 0.3 is 0 Å². The molecule has 1 N–H and O–H groups in total. The van der Waals surface area contributed by atoms with Gasteiger partial charge < -0.3 is 10.1 Å². The van der Waals surface area contributed by atoms with E-state index in [9.17, 15) is 13.2 Å². The van der Waals surface area contributed by atoms with E-state index in [-0.39, 0.29) is 23.4 Å². The summed E-state index contributed by atoms with van der Waals surface area (Å²) >= 11 is 1.53. The van der Waals surface area contributed by atoms with Gasteiger partial charge in [0.2, 0.25) is 5.91 Å². The Kier molecular flexibility index (Phi) is 8.40. The molecule has 1 atom stereocenters. The van der Waals surface area contributed by atoms with Crippen LogP contribution in [0.4, 0.5) is 5.69 Å². The number of ether oxygens (including phenoxy) is 1. The number of carbonyl (C=O) groups is 1. The highest BCUT2D eigenvalue weighted by Crippen LogP contribution is 2.32. The fraction of sp³-hybridized carbons (Fsp3) is 0.381. The minimum Gasteiger partial charge on any atom is -0.492 e. The smallest absolute Gasteiger partial charge is 0.264 e. The number of nitrogens with one attached hydrogen (secondary N) is 1.